The Balaban J connectivity index is 2.56. The molecule has 0 aliphatic carbocycles. The number of hydrogen-bond donors (Lipinski definition) is 5. The van der Waals surface area contributed by atoms with Crippen molar-refractivity contribution in [1.82, 2.24) is 5.32 Å². The molecule has 8 nitrogen and oxygen atoms in total. The molecular formula is C16H23NO7. The molecule has 0 aliphatic heterocycles. The Kier molecular flexibility index (Phi) is 6.56. The zero-order valence-electron chi connectivity index (χ0n) is 13.8. The normalized spacial score (nSPS) is 13.9. The Labute approximate surface area is 139 Å². The van der Waals surface area contributed by atoms with Crippen molar-refractivity contribution in [2.45, 2.75) is 45.0 Å². The summed E-state index contributed by atoms with van der Waals surface area (Å²) in [6.45, 7) is 5.24. The molecule has 134 valence electrons. The molecule has 0 spiro atoms. The number of benzene rings is 1. The van der Waals surface area contributed by atoms with Gasteiger partial charge in [0.25, 0.3) is 0 Å². The molecule has 2 atom stereocenters. The van der Waals surface area contributed by atoms with E-state index >= 15 is 0 Å². The third-order valence-corrected chi connectivity index (χ3v) is 3.07. The van der Waals surface area contributed by atoms with Crippen molar-refractivity contribution in [3.63, 3.8) is 0 Å². The maximum atomic E-state index is 11.5. The van der Waals surface area contributed by atoms with Crippen LogP contribution in [-0.2, 0) is 4.74 Å². The van der Waals surface area contributed by atoms with Gasteiger partial charge in [0.05, 0.1) is 6.10 Å². The number of ether oxygens (including phenoxy) is 1. The summed E-state index contributed by atoms with van der Waals surface area (Å²) < 4.78 is 5.03. The van der Waals surface area contributed by atoms with Gasteiger partial charge in [-0.05, 0) is 44.9 Å². The first kappa shape index (κ1) is 19.7. The number of carboxylic acid groups (broad SMARTS) is 1. The number of aromatic hydroxyl groups is 1. The number of alkyl carbamates (subject to hydrolysis) is 1. The standard InChI is InChI=1S/C16H23NO7/c1-16(2,3)24-15(23)17-7-6-11(18)13(20)9-4-5-10(14(21)22)12(19)8-9/h4-5,8,11,13,18-20H,6-7H2,1-3H3,(H,17,23)(H,21,22). The van der Waals surface area contributed by atoms with Crippen molar-refractivity contribution in [1.29, 1.82) is 0 Å². The van der Waals surface area contributed by atoms with E-state index in [4.69, 9.17) is 9.84 Å². The van der Waals surface area contributed by atoms with Crippen LogP contribution < -0.4 is 5.32 Å². The van der Waals surface area contributed by atoms with Crippen molar-refractivity contribution in [3.8, 4) is 5.75 Å². The number of nitrogens with one attached hydrogen (secondary N) is 1. The molecule has 8 heteroatoms. The molecule has 0 radical (unpaired) electrons. The first-order chi connectivity index (χ1) is 11.0. The fourth-order valence-corrected chi connectivity index (χ4v) is 1.93. The molecule has 0 aliphatic rings. The molecule has 0 bridgehead atoms. The SMILES string of the molecule is CC(C)(C)OC(=O)NCCC(O)C(O)c1ccc(C(=O)O)c(O)c1. The van der Waals surface area contributed by atoms with Crippen molar-refractivity contribution < 1.29 is 34.8 Å². The van der Waals surface area contributed by atoms with Gasteiger partial charge in [-0.15, -0.1) is 0 Å². The quantitative estimate of drug-likeness (QED) is 0.527. The number of phenols is 1. The molecule has 0 fully saturated rings. The topological polar surface area (TPSA) is 136 Å². The third-order valence-electron chi connectivity index (χ3n) is 3.07. The lowest BCUT2D eigenvalue weighted by Crippen LogP contribution is -2.34. The maximum Gasteiger partial charge on any atom is 0.407 e. The van der Waals surface area contributed by atoms with E-state index in [1.807, 2.05) is 0 Å². The zero-order valence-corrected chi connectivity index (χ0v) is 13.8. The summed E-state index contributed by atoms with van der Waals surface area (Å²) >= 11 is 0. The van der Waals surface area contributed by atoms with Crippen LogP contribution in [0, 0.1) is 0 Å². The lowest BCUT2D eigenvalue weighted by Gasteiger charge is -2.21. The number of rotatable bonds is 6. The third kappa shape index (κ3) is 6.05. The largest absolute Gasteiger partial charge is 0.507 e. The zero-order chi connectivity index (χ0) is 18.5. The predicted octanol–water partition coefficient (Wildman–Crippen LogP) is 1.40. The van der Waals surface area contributed by atoms with Gasteiger partial charge in [0, 0.05) is 6.54 Å². The maximum absolute atomic E-state index is 11.5. The second-order valence-electron chi connectivity index (χ2n) is 6.31. The highest BCUT2D eigenvalue weighted by molar-refractivity contribution is 5.90. The molecule has 24 heavy (non-hydrogen) atoms. The molecular weight excluding hydrogens is 318 g/mol. The van der Waals surface area contributed by atoms with Crippen LogP contribution in [0.5, 0.6) is 5.75 Å². The van der Waals surface area contributed by atoms with E-state index < -0.39 is 35.6 Å². The van der Waals surface area contributed by atoms with E-state index in [0.29, 0.717) is 0 Å². The summed E-state index contributed by atoms with van der Waals surface area (Å²) in [6, 6.07) is 3.53. The van der Waals surface area contributed by atoms with Crippen LogP contribution in [-0.4, -0.2) is 50.7 Å². The number of carboxylic acids is 1. The molecule has 0 heterocycles. The van der Waals surface area contributed by atoms with Gasteiger partial charge in [0.2, 0.25) is 0 Å². The Morgan fingerprint density at radius 1 is 1.25 bits per heavy atom. The number of hydrogen-bond acceptors (Lipinski definition) is 6. The van der Waals surface area contributed by atoms with E-state index in [9.17, 15) is 24.9 Å². The smallest absolute Gasteiger partial charge is 0.407 e. The number of amides is 1. The number of carbonyl (C=O) groups excluding carboxylic acids is 1. The second kappa shape index (κ2) is 7.98. The van der Waals surface area contributed by atoms with E-state index in [-0.39, 0.29) is 24.1 Å². The summed E-state index contributed by atoms with van der Waals surface area (Å²) in [7, 11) is 0. The Bertz CT molecular complexity index is 595. The van der Waals surface area contributed by atoms with Gasteiger partial charge in [-0.3, -0.25) is 0 Å². The summed E-state index contributed by atoms with van der Waals surface area (Å²) in [5, 5.41) is 40.9. The summed E-state index contributed by atoms with van der Waals surface area (Å²) in [5.74, 6) is -1.80. The van der Waals surface area contributed by atoms with Crippen LogP contribution in [0.1, 0.15) is 49.2 Å². The second-order valence-corrected chi connectivity index (χ2v) is 6.31. The molecule has 0 saturated carbocycles. The van der Waals surface area contributed by atoms with Gasteiger partial charge in [-0.2, -0.15) is 0 Å². The van der Waals surface area contributed by atoms with Crippen LogP contribution in [0.3, 0.4) is 0 Å². The van der Waals surface area contributed by atoms with E-state index in [1.165, 1.54) is 6.07 Å². The minimum absolute atomic E-state index is 0.0435. The molecule has 0 saturated heterocycles. The highest BCUT2D eigenvalue weighted by atomic mass is 16.6. The number of carbonyl (C=O) groups is 2. The van der Waals surface area contributed by atoms with Crippen LogP contribution in [0.4, 0.5) is 4.79 Å². The molecule has 1 aromatic carbocycles. The molecule has 1 amide bonds. The van der Waals surface area contributed by atoms with Crippen LogP contribution in [0.25, 0.3) is 0 Å². The van der Waals surface area contributed by atoms with Gasteiger partial charge in [0.1, 0.15) is 23.0 Å². The summed E-state index contributed by atoms with van der Waals surface area (Å²) in [5.41, 5.74) is -0.764. The van der Waals surface area contributed by atoms with Crippen molar-refractivity contribution in [3.05, 3.63) is 29.3 Å². The molecule has 0 aromatic heterocycles. The number of aliphatic hydroxyl groups excluding tert-OH is 2. The Morgan fingerprint density at radius 3 is 2.38 bits per heavy atom. The highest BCUT2D eigenvalue weighted by Gasteiger charge is 2.21. The number of aliphatic hydroxyl groups is 2. The average molecular weight is 341 g/mol. The Morgan fingerprint density at radius 2 is 1.88 bits per heavy atom. The van der Waals surface area contributed by atoms with Crippen molar-refractivity contribution in [2.75, 3.05) is 6.54 Å². The first-order valence-corrected chi connectivity index (χ1v) is 7.40. The lowest BCUT2D eigenvalue weighted by molar-refractivity contribution is 0.0122. The van der Waals surface area contributed by atoms with E-state index in [1.54, 1.807) is 20.8 Å². The molecule has 1 aromatic rings. The molecule has 1 rings (SSSR count). The lowest BCUT2D eigenvalue weighted by atomic mass is 10.00. The fraction of sp³-hybridized carbons (Fsp3) is 0.500. The summed E-state index contributed by atoms with van der Waals surface area (Å²) in [6.07, 6.45) is -3.14. The van der Waals surface area contributed by atoms with Crippen LogP contribution in [0.15, 0.2) is 18.2 Å². The fourth-order valence-electron chi connectivity index (χ4n) is 1.93. The van der Waals surface area contributed by atoms with E-state index in [0.717, 1.165) is 12.1 Å². The number of aromatic carboxylic acids is 1. The minimum Gasteiger partial charge on any atom is -0.507 e. The van der Waals surface area contributed by atoms with Crippen LogP contribution in [0.2, 0.25) is 0 Å². The van der Waals surface area contributed by atoms with Gasteiger partial charge in [-0.1, -0.05) is 6.07 Å². The molecule has 5 N–H and O–H groups in total. The summed E-state index contributed by atoms with van der Waals surface area (Å²) in [4.78, 5) is 22.3. The highest BCUT2D eigenvalue weighted by Crippen LogP contribution is 2.25. The van der Waals surface area contributed by atoms with E-state index in [2.05, 4.69) is 5.32 Å². The van der Waals surface area contributed by atoms with Gasteiger partial charge in [-0.25, -0.2) is 9.59 Å². The van der Waals surface area contributed by atoms with Gasteiger partial charge in [0.15, 0.2) is 0 Å². The monoisotopic (exact) mass is 341 g/mol. The predicted molar refractivity (Wildman–Crippen MR) is 84.9 cm³/mol. The van der Waals surface area contributed by atoms with Crippen molar-refractivity contribution in [2.24, 2.45) is 0 Å². The minimum atomic E-state index is -1.33. The molecule has 2 unspecified atom stereocenters. The first-order valence-electron chi connectivity index (χ1n) is 7.40. The van der Waals surface area contributed by atoms with Gasteiger partial charge >= 0.3 is 12.1 Å². The van der Waals surface area contributed by atoms with Gasteiger partial charge < -0.3 is 30.5 Å². The Hall–Kier alpha value is -2.32. The van der Waals surface area contributed by atoms with Crippen molar-refractivity contribution >= 4 is 12.1 Å². The van der Waals surface area contributed by atoms with Crippen LogP contribution >= 0.6 is 0 Å². The average Bonchev–Trinajstić information content (AvgIpc) is 2.43.